The van der Waals surface area contributed by atoms with Gasteiger partial charge in [-0.25, -0.2) is 4.39 Å². The molecule has 0 bridgehead atoms. The minimum atomic E-state index is -0.867. The fraction of sp³-hybridized carbons (Fsp3) is 0.222. The summed E-state index contributed by atoms with van der Waals surface area (Å²) >= 11 is 0. The second kappa shape index (κ2) is 5.43. The van der Waals surface area contributed by atoms with E-state index in [0.29, 0.717) is 0 Å². The maximum atomic E-state index is 12.2. The molecule has 76 valence electrons. The minimum Gasteiger partial charge on any atom is -0.506 e. The van der Waals surface area contributed by atoms with E-state index in [1.165, 1.54) is 12.1 Å². The number of phenols is 1. The van der Waals surface area contributed by atoms with Crippen LogP contribution in [-0.2, 0) is 0 Å². The molecule has 1 aromatic rings. The van der Waals surface area contributed by atoms with Crippen molar-refractivity contribution >= 4 is 12.4 Å². The molecule has 3 N–H and O–H groups in total. The molecular formula is C9H10ClFN2O. The van der Waals surface area contributed by atoms with E-state index in [4.69, 9.17) is 11.0 Å². The number of phenolic OH excluding ortho intramolecular Hbond substituents is 1. The Kier molecular flexibility index (Phi) is 4.92. The summed E-state index contributed by atoms with van der Waals surface area (Å²) in [6.45, 7) is -0.761. The summed E-state index contributed by atoms with van der Waals surface area (Å²) in [4.78, 5) is 0. The van der Waals surface area contributed by atoms with Crippen LogP contribution in [0.4, 0.5) is 4.39 Å². The van der Waals surface area contributed by atoms with E-state index in [0.717, 1.165) is 0 Å². The molecule has 14 heavy (non-hydrogen) atoms. The second-order valence-corrected chi connectivity index (χ2v) is 2.62. The van der Waals surface area contributed by atoms with E-state index < -0.39 is 12.7 Å². The van der Waals surface area contributed by atoms with Crippen molar-refractivity contribution in [1.29, 1.82) is 5.26 Å². The number of aromatic hydroxyl groups is 1. The molecule has 1 aromatic carbocycles. The standard InChI is InChI=1S/C9H9FN2O.ClH/c10-4-8(12)7-3-1-2-6(5-11)9(7)13;/h1-3,8,13H,4,12H2;1H/t8-;/m1./s1. The molecule has 0 saturated heterocycles. The first-order valence-corrected chi connectivity index (χ1v) is 3.74. The molecule has 0 aliphatic carbocycles. The smallest absolute Gasteiger partial charge is 0.138 e. The van der Waals surface area contributed by atoms with Crippen LogP contribution in [0.1, 0.15) is 17.2 Å². The predicted octanol–water partition coefficient (Wildman–Crippen LogP) is 1.65. The quantitative estimate of drug-likeness (QED) is 0.790. The average Bonchev–Trinajstić information content (AvgIpc) is 2.17. The van der Waals surface area contributed by atoms with E-state index in [2.05, 4.69) is 0 Å². The molecule has 0 spiro atoms. The molecule has 0 radical (unpaired) electrons. The predicted molar refractivity (Wildman–Crippen MR) is 53.0 cm³/mol. The van der Waals surface area contributed by atoms with Crippen LogP contribution in [0.25, 0.3) is 0 Å². The topological polar surface area (TPSA) is 70.0 Å². The number of hydrogen-bond acceptors (Lipinski definition) is 3. The van der Waals surface area contributed by atoms with Crippen molar-refractivity contribution in [3.8, 4) is 11.8 Å². The molecule has 5 heteroatoms. The number of halogens is 2. The minimum absolute atomic E-state index is 0. The molecule has 0 aromatic heterocycles. The van der Waals surface area contributed by atoms with Gasteiger partial charge in [-0.05, 0) is 6.07 Å². The molecule has 1 atom stereocenters. The van der Waals surface area contributed by atoms with Gasteiger partial charge in [0.05, 0.1) is 11.6 Å². The van der Waals surface area contributed by atoms with Crippen LogP contribution in [0.2, 0.25) is 0 Å². The first-order chi connectivity index (χ1) is 6.20. The third kappa shape index (κ3) is 2.34. The third-order valence-electron chi connectivity index (χ3n) is 1.75. The highest BCUT2D eigenvalue weighted by molar-refractivity contribution is 5.85. The fourth-order valence-electron chi connectivity index (χ4n) is 1.03. The first kappa shape index (κ1) is 12.7. The SMILES string of the molecule is Cl.N#Cc1cccc([C@H](N)CF)c1O. The summed E-state index contributed by atoms with van der Waals surface area (Å²) in [6.07, 6.45) is 0. The lowest BCUT2D eigenvalue weighted by Gasteiger charge is -2.09. The van der Waals surface area contributed by atoms with Gasteiger partial charge in [0.2, 0.25) is 0 Å². The Morgan fingerprint density at radius 2 is 2.21 bits per heavy atom. The molecule has 0 amide bonds. The Morgan fingerprint density at radius 1 is 1.57 bits per heavy atom. The highest BCUT2D eigenvalue weighted by Gasteiger charge is 2.12. The fourth-order valence-corrected chi connectivity index (χ4v) is 1.03. The monoisotopic (exact) mass is 216 g/mol. The normalized spacial score (nSPS) is 11.2. The number of benzene rings is 1. The first-order valence-electron chi connectivity index (χ1n) is 3.74. The van der Waals surface area contributed by atoms with Crippen LogP contribution in [0.15, 0.2) is 18.2 Å². The number of nitrogens with zero attached hydrogens (tertiary/aromatic N) is 1. The number of para-hydroxylation sites is 1. The molecule has 0 fully saturated rings. The number of nitriles is 1. The van der Waals surface area contributed by atoms with Crippen molar-refractivity contribution in [3.05, 3.63) is 29.3 Å². The second-order valence-electron chi connectivity index (χ2n) is 2.62. The zero-order valence-corrected chi connectivity index (χ0v) is 8.09. The Bertz CT molecular complexity index is 351. The Labute approximate surface area is 87.4 Å². The molecule has 3 nitrogen and oxygen atoms in total. The van der Waals surface area contributed by atoms with Crippen LogP contribution in [0.5, 0.6) is 5.75 Å². The molecule has 0 heterocycles. The summed E-state index contributed by atoms with van der Waals surface area (Å²) < 4.78 is 12.2. The van der Waals surface area contributed by atoms with E-state index in [1.807, 2.05) is 0 Å². The summed E-state index contributed by atoms with van der Waals surface area (Å²) in [5, 5.41) is 18.0. The van der Waals surface area contributed by atoms with Gasteiger partial charge in [0.1, 0.15) is 18.5 Å². The zero-order valence-electron chi connectivity index (χ0n) is 7.27. The van der Waals surface area contributed by atoms with E-state index in [-0.39, 0.29) is 29.3 Å². The van der Waals surface area contributed by atoms with Crippen molar-refractivity contribution < 1.29 is 9.50 Å². The summed E-state index contributed by atoms with van der Waals surface area (Å²) in [6, 6.07) is 5.43. The molecular weight excluding hydrogens is 207 g/mol. The highest BCUT2D eigenvalue weighted by atomic mass is 35.5. The lowest BCUT2D eigenvalue weighted by atomic mass is 10.0. The molecule has 0 saturated carbocycles. The van der Waals surface area contributed by atoms with E-state index in [9.17, 15) is 9.50 Å². The lowest BCUT2D eigenvalue weighted by Crippen LogP contribution is -2.12. The summed E-state index contributed by atoms with van der Waals surface area (Å²) in [5.74, 6) is -0.227. The Morgan fingerprint density at radius 3 is 2.71 bits per heavy atom. The molecule has 0 unspecified atom stereocenters. The van der Waals surface area contributed by atoms with Gasteiger partial charge in [0.15, 0.2) is 0 Å². The van der Waals surface area contributed by atoms with Crippen molar-refractivity contribution in [2.45, 2.75) is 6.04 Å². The van der Waals surface area contributed by atoms with E-state index in [1.54, 1.807) is 12.1 Å². The number of rotatable bonds is 2. The van der Waals surface area contributed by atoms with Crippen LogP contribution in [0, 0.1) is 11.3 Å². The van der Waals surface area contributed by atoms with Crippen molar-refractivity contribution in [2.75, 3.05) is 6.67 Å². The van der Waals surface area contributed by atoms with Crippen LogP contribution in [-0.4, -0.2) is 11.8 Å². The van der Waals surface area contributed by atoms with Gasteiger partial charge in [-0.15, -0.1) is 12.4 Å². The number of hydrogen-bond donors (Lipinski definition) is 2. The lowest BCUT2D eigenvalue weighted by molar-refractivity contribution is 0.414. The maximum Gasteiger partial charge on any atom is 0.138 e. The maximum absolute atomic E-state index is 12.2. The average molecular weight is 217 g/mol. The molecule has 0 aliphatic heterocycles. The van der Waals surface area contributed by atoms with Crippen molar-refractivity contribution in [2.24, 2.45) is 5.73 Å². The van der Waals surface area contributed by atoms with Gasteiger partial charge < -0.3 is 10.8 Å². The van der Waals surface area contributed by atoms with Crippen molar-refractivity contribution in [3.63, 3.8) is 0 Å². The van der Waals surface area contributed by atoms with Gasteiger partial charge in [0.25, 0.3) is 0 Å². The van der Waals surface area contributed by atoms with Crippen LogP contribution in [0.3, 0.4) is 0 Å². The van der Waals surface area contributed by atoms with Gasteiger partial charge in [-0.1, -0.05) is 12.1 Å². The number of alkyl halides is 1. The van der Waals surface area contributed by atoms with Crippen LogP contribution < -0.4 is 5.73 Å². The van der Waals surface area contributed by atoms with Gasteiger partial charge in [-0.3, -0.25) is 0 Å². The molecule has 1 rings (SSSR count). The Balaban J connectivity index is 0.00000169. The van der Waals surface area contributed by atoms with Gasteiger partial charge in [0, 0.05) is 5.56 Å². The third-order valence-corrected chi connectivity index (χ3v) is 1.75. The molecule has 0 aliphatic rings. The van der Waals surface area contributed by atoms with E-state index >= 15 is 0 Å². The largest absolute Gasteiger partial charge is 0.506 e. The number of nitrogens with two attached hydrogens (primary N) is 1. The van der Waals surface area contributed by atoms with Crippen molar-refractivity contribution in [1.82, 2.24) is 0 Å². The van der Waals surface area contributed by atoms with Gasteiger partial charge in [-0.2, -0.15) is 5.26 Å². The summed E-state index contributed by atoms with van der Waals surface area (Å²) in [5.41, 5.74) is 5.75. The summed E-state index contributed by atoms with van der Waals surface area (Å²) in [7, 11) is 0. The van der Waals surface area contributed by atoms with Gasteiger partial charge >= 0.3 is 0 Å². The van der Waals surface area contributed by atoms with Crippen LogP contribution >= 0.6 is 12.4 Å². The highest BCUT2D eigenvalue weighted by Crippen LogP contribution is 2.26. The zero-order chi connectivity index (χ0) is 9.84. The Hall–Kier alpha value is -1.31.